The molecule has 19 heavy (non-hydrogen) atoms. The van der Waals surface area contributed by atoms with Gasteiger partial charge < -0.3 is 0 Å². The van der Waals surface area contributed by atoms with Gasteiger partial charge in [0.1, 0.15) is 5.78 Å². The first-order chi connectivity index (χ1) is 8.80. The van der Waals surface area contributed by atoms with E-state index in [4.69, 9.17) is 0 Å². The molecular formula is C16H22O2S. The van der Waals surface area contributed by atoms with E-state index in [1.54, 1.807) is 0 Å². The molecule has 104 valence electrons. The van der Waals surface area contributed by atoms with Crippen LogP contribution in [0.15, 0.2) is 29.2 Å². The maximum Gasteiger partial charge on any atom is 0.136 e. The molecule has 0 bridgehead atoms. The normalized spacial score (nSPS) is 25.6. The first-order valence-electron chi connectivity index (χ1n) is 6.84. The van der Waals surface area contributed by atoms with Crippen LogP contribution in [-0.2, 0) is 21.0 Å². The zero-order valence-electron chi connectivity index (χ0n) is 12.1. The minimum Gasteiger partial charge on any atom is -0.299 e. The predicted molar refractivity (Wildman–Crippen MR) is 78.7 cm³/mol. The summed E-state index contributed by atoms with van der Waals surface area (Å²) in [5.74, 6) is 0.188. The van der Waals surface area contributed by atoms with Gasteiger partial charge in [-0.25, -0.2) is 0 Å². The van der Waals surface area contributed by atoms with E-state index >= 15 is 0 Å². The summed E-state index contributed by atoms with van der Waals surface area (Å²) in [5, 5.41) is -0.00649. The fraction of sp³-hybridized carbons (Fsp3) is 0.562. The standard InChI is InChI=1S/C16H22O2S/c1-11-14(17)9-10-15(11)19(18)13-7-5-12(6-8-13)16(2,3)4/h5-8,11,15H,9-10H2,1-4H3. The SMILES string of the molecule is CC1C(=O)CCC1S(=O)c1ccc(C(C)(C)C)cc1. The van der Waals surface area contributed by atoms with E-state index in [1.165, 1.54) is 5.56 Å². The molecule has 0 aromatic heterocycles. The van der Waals surface area contributed by atoms with E-state index in [0.717, 1.165) is 11.3 Å². The molecule has 3 unspecified atom stereocenters. The Balaban J connectivity index is 2.19. The molecule has 1 aliphatic rings. The Morgan fingerprint density at radius 3 is 2.16 bits per heavy atom. The smallest absolute Gasteiger partial charge is 0.136 e. The highest BCUT2D eigenvalue weighted by atomic mass is 32.2. The fourth-order valence-corrected chi connectivity index (χ4v) is 4.13. The number of Topliss-reactive ketones (excluding diaryl/α,β-unsaturated/α-hetero) is 1. The first kappa shape index (κ1) is 14.4. The lowest BCUT2D eigenvalue weighted by molar-refractivity contribution is -0.120. The van der Waals surface area contributed by atoms with Gasteiger partial charge >= 0.3 is 0 Å². The van der Waals surface area contributed by atoms with Crippen molar-refractivity contribution in [2.75, 3.05) is 0 Å². The van der Waals surface area contributed by atoms with Crippen LogP contribution in [0.1, 0.15) is 46.1 Å². The molecule has 1 fully saturated rings. The molecule has 3 heteroatoms. The molecule has 1 aromatic carbocycles. The molecule has 2 nitrogen and oxygen atoms in total. The Kier molecular flexibility index (Phi) is 3.95. The van der Waals surface area contributed by atoms with Gasteiger partial charge in [0, 0.05) is 22.5 Å². The summed E-state index contributed by atoms with van der Waals surface area (Å²) in [6.45, 7) is 8.39. The topological polar surface area (TPSA) is 34.1 Å². The van der Waals surface area contributed by atoms with E-state index in [-0.39, 0.29) is 22.4 Å². The summed E-state index contributed by atoms with van der Waals surface area (Å²) >= 11 is 0. The van der Waals surface area contributed by atoms with Crippen LogP contribution in [0, 0.1) is 5.92 Å². The number of carbonyl (C=O) groups excluding carboxylic acids is 1. The van der Waals surface area contributed by atoms with Gasteiger partial charge in [-0.05, 0) is 29.5 Å². The molecule has 0 N–H and O–H groups in total. The summed E-state index contributed by atoms with van der Waals surface area (Å²) in [7, 11) is -1.07. The highest BCUT2D eigenvalue weighted by Gasteiger charge is 2.35. The third kappa shape index (κ3) is 2.97. The summed E-state index contributed by atoms with van der Waals surface area (Å²) < 4.78 is 12.5. The van der Waals surface area contributed by atoms with Crippen molar-refractivity contribution in [1.29, 1.82) is 0 Å². The number of hydrogen-bond acceptors (Lipinski definition) is 2. The molecule has 0 amide bonds. The van der Waals surface area contributed by atoms with Crippen molar-refractivity contribution in [3.05, 3.63) is 29.8 Å². The zero-order valence-corrected chi connectivity index (χ0v) is 12.9. The Hall–Kier alpha value is -0.960. The minimum atomic E-state index is -1.07. The second-order valence-corrected chi connectivity index (χ2v) is 8.08. The molecular weight excluding hydrogens is 256 g/mol. The molecule has 0 radical (unpaired) electrons. The lowest BCUT2D eigenvalue weighted by Crippen LogP contribution is -2.21. The van der Waals surface area contributed by atoms with E-state index in [9.17, 15) is 9.00 Å². The van der Waals surface area contributed by atoms with Gasteiger partial charge in [0.25, 0.3) is 0 Å². The van der Waals surface area contributed by atoms with Crippen LogP contribution < -0.4 is 0 Å². The van der Waals surface area contributed by atoms with Crippen LogP contribution in [0.5, 0.6) is 0 Å². The van der Waals surface area contributed by atoms with Crippen LogP contribution in [0.3, 0.4) is 0 Å². The second kappa shape index (κ2) is 5.20. The number of carbonyl (C=O) groups is 1. The van der Waals surface area contributed by atoms with Crippen molar-refractivity contribution in [1.82, 2.24) is 0 Å². The van der Waals surface area contributed by atoms with Crippen molar-refractivity contribution in [2.24, 2.45) is 5.92 Å². The van der Waals surface area contributed by atoms with Gasteiger partial charge in [-0.1, -0.05) is 39.8 Å². The quantitative estimate of drug-likeness (QED) is 0.830. The molecule has 0 heterocycles. The molecule has 1 aromatic rings. The Morgan fingerprint density at radius 2 is 1.74 bits per heavy atom. The van der Waals surface area contributed by atoms with Gasteiger partial charge in [-0.2, -0.15) is 0 Å². The molecule has 0 aliphatic heterocycles. The van der Waals surface area contributed by atoms with E-state index in [0.29, 0.717) is 6.42 Å². The molecule has 1 aliphatic carbocycles. The average molecular weight is 278 g/mol. The molecule has 3 atom stereocenters. The van der Waals surface area contributed by atoms with Gasteiger partial charge in [0.2, 0.25) is 0 Å². The van der Waals surface area contributed by atoms with Crippen molar-refractivity contribution in [3.63, 3.8) is 0 Å². The zero-order chi connectivity index (χ0) is 14.2. The van der Waals surface area contributed by atoms with Crippen molar-refractivity contribution in [3.8, 4) is 0 Å². The maximum absolute atomic E-state index is 12.5. The van der Waals surface area contributed by atoms with Crippen molar-refractivity contribution < 1.29 is 9.00 Å². The number of rotatable bonds is 2. The highest BCUT2D eigenvalue weighted by Crippen LogP contribution is 2.30. The molecule has 2 rings (SSSR count). The monoisotopic (exact) mass is 278 g/mol. The maximum atomic E-state index is 12.5. The summed E-state index contributed by atoms with van der Waals surface area (Å²) in [5.41, 5.74) is 1.35. The highest BCUT2D eigenvalue weighted by molar-refractivity contribution is 7.85. The summed E-state index contributed by atoms with van der Waals surface area (Å²) in [6.07, 6.45) is 1.34. The van der Waals surface area contributed by atoms with Crippen molar-refractivity contribution in [2.45, 2.75) is 56.1 Å². The largest absolute Gasteiger partial charge is 0.299 e. The summed E-state index contributed by atoms with van der Waals surface area (Å²) in [4.78, 5) is 12.4. The van der Waals surface area contributed by atoms with Crippen molar-refractivity contribution >= 4 is 16.6 Å². The Labute approximate surface area is 118 Å². The van der Waals surface area contributed by atoms with Gasteiger partial charge in [0.15, 0.2) is 0 Å². The van der Waals surface area contributed by atoms with Gasteiger partial charge in [-0.15, -0.1) is 0 Å². The number of ketones is 1. The number of benzene rings is 1. The van der Waals surface area contributed by atoms with E-state index < -0.39 is 10.8 Å². The summed E-state index contributed by atoms with van der Waals surface area (Å²) in [6, 6.07) is 8.00. The van der Waals surface area contributed by atoms with E-state index in [1.807, 2.05) is 19.1 Å². The van der Waals surface area contributed by atoms with Crippen LogP contribution >= 0.6 is 0 Å². The van der Waals surface area contributed by atoms with Gasteiger partial charge in [-0.3, -0.25) is 9.00 Å². The second-order valence-electron chi connectivity index (χ2n) is 6.40. The lowest BCUT2D eigenvalue weighted by Gasteiger charge is -2.20. The van der Waals surface area contributed by atoms with Gasteiger partial charge in [0.05, 0.1) is 10.8 Å². The lowest BCUT2D eigenvalue weighted by atomic mass is 9.87. The molecule has 0 spiro atoms. The predicted octanol–water partition coefficient (Wildman–Crippen LogP) is 3.46. The fourth-order valence-electron chi connectivity index (χ4n) is 2.53. The van der Waals surface area contributed by atoms with Crippen LogP contribution in [0.2, 0.25) is 0 Å². The Morgan fingerprint density at radius 1 is 1.16 bits per heavy atom. The van der Waals surface area contributed by atoms with Crippen LogP contribution in [0.25, 0.3) is 0 Å². The average Bonchev–Trinajstić information content (AvgIpc) is 2.68. The van der Waals surface area contributed by atoms with Crippen LogP contribution in [0.4, 0.5) is 0 Å². The minimum absolute atomic E-state index is 0.00649. The number of hydrogen-bond donors (Lipinski definition) is 0. The first-order valence-corrected chi connectivity index (χ1v) is 8.06. The Bertz CT molecular complexity index is 496. The van der Waals surface area contributed by atoms with Crippen LogP contribution in [-0.4, -0.2) is 15.2 Å². The molecule has 1 saturated carbocycles. The third-order valence-corrected chi connectivity index (χ3v) is 5.90. The van der Waals surface area contributed by atoms with E-state index in [2.05, 4.69) is 32.9 Å². The molecule has 0 saturated heterocycles. The third-order valence-electron chi connectivity index (χ3n) is 3.97.